The van der Waals surface area contributed by atoms with Crippen molar-refractivity contribution in [2.45, 2.75) is 52.0 Å². The molecule has 4 N–H and O–H groups in total. The Morgan fingerprint density at radius 1 is 0.417 bits per heavy atom. The SMILES string of the molecule is CNCCOCCOCCOCCOCCOCCOCCOCCOCCOCCOCCOCCOCCC(C)=O.CN[C@@H](CCC(=O)NCCCC(C)=O)C(=O)O. The molecule has 0 saturated heterocycles. The highest BCUT2D eigenvalue weighted by atomic mass is 16.6. The van der Waals surface area contributed by atoms with Crippen LogP contribution in [-0.4, -0.2) is 220 Å². The maximum absolute atomic E-state index is 11.3. The van der Waals surface area contributed by atoms with Crippen molar-refractivity contribution in [2.75, 3.05) is 186 Å². The number of amides is 1. The van der Waals surface area contributed by atoms with E-state index in [-0.39, 0.29) is 30.3 Å². The number of ether oxygens (including phenoxy) is 12. The molecular weight excluding hydrogens is 794 g/mol. The van der Waals surface area contributed by atoms with Crippen LogP contribution in [0.15, 0.2) is 0 Å². The Balaban J connectivity index is 0. The van der Waals surface area contributed by atoms with Crippen molar-refractivity contribution in [3.63, 3.8) is 0 Å². The van der Waals surface area contributed by atoms with E-state index < -0.39 is 12.0 Å². The Bertz CT molecular complexity index is 955. The fourth-order valence-electron chi connectivity index (χ4n) is 4.23. The molecule has 356 valence electrons. The summed E-state index contributed by atoms with van der Waals surface area (Å²) in [5, 5.41) is 17.0. The molecule has 60 heavy (non-hydrogen) atoms. The van der Waals surface area contributed by atoms with Gasteiger partial charge >= 0.3 is 5.97 Å². The molecule has 0 aromatic heterocycles. The van der Waals surface area contributed by atoms with E-state index in [1.54, 1.807) is 14.0 Å². The summed E-state index contributed by atoms with van der Waals surface area (Å²) in [5.74, 6) is -0.922. The highest BCUT2D eigenvalue weighted by Gasteiger charge is 2.16. The molecule has 0 aliphatic rings. The molecule has 0 fully saturated rings. The van der Waals surface area contributed by atoms with E-state index in [1.165, 1.54) is 6.92 Å². The maximum atomic E-state index is 11.3. The molecule has 0 aromatic rings. The number of carbonyl (C=O) groups is 4. The number of carboxylic acid groups (broad SMARTS) is 1. The number of nitrogens with one attached hydrogen (secondary N) is 3. The first kappa shape index (κ1) is 59.8. The lowest BCUT2D eigenvalue weighted by molar-refractivity contribution is -0.139. The zero-order chi connectivity index (χ0) is 44.4. The fraction of sp³-hybridized carbons (Fsp3) is 0.900. The van der Waals surface area contributed by atoms with E-state index in [1.807, 2.05) is 7.05 Å². The summed E-state index contributed by atoms with van der Waals surface area (Å²) in [6.45, 7) is 16.8. The molecule has 0 rings (SSSR count). The van der Waals surface area contributed by atoms with Crippen molar-refractivity contribution in [3.05, 3.63) is 0 Å². The van der Waals surface area contributed by atoms with Crippen LogP contribution in [0.3, 0.4) is 0 Å². The number of carbonyl (C=O) groups excluding carboxylic acids is 3. The zero-order valence-electron chi connectivity index (χ0n) is 37.0. The normalized spacial score (nSPS) is 11.6. The number of carboxylic acids is 1. The fourth-order valence-corrected chi connectivity index (χ4v) is 4.23. The topological polar surface area (TPSA) is 235 Å². The van der Waals surface area contributed by atoms with Crippen LogP contribution in [0.5, 0.6) is 0 Å². The first-order chi connectivity index (χ1) is 29.2. The van der Waals surface area contributed by atoms with Gasteiger partial charge in [0.15, 0.2) is 0 Å². The highest BCUT2D eigenvalue weighted by molar-refractivity contribution is 5.78. The van der Waals surface area contributed by atoms with Crippen molar-refractivity contribution in [1.82, 2.24) is 16.0 Å². The molecule has 1 atom stereocenters. The average molecular weight is 874 g/mol. The first-order valence-electron chi connectivity index (χ1n) is 21.0. The first-order valence-corrected chi connectivity index (χ1v) is 21.0. The van der Waals surface area contributed by atoms with Gasteiger partial charge in [0.05, 0.1) is 159 Å². The van der Waals surface area contributed by atoms with Crippen LogP contribution >= 0.6 is 0 Å². The number of aliphatic carboxylic acids is 1. The highest BCUT2D eigenvalue weighted by Crippen LogP contribution is 1.98. The number of likely N-dealkylation sites (N-methyl/N-ethyl adjacent to an activating group) is 2. The number of ketones is 2. The van der Waals surface area contributed by atoms with Gasteiger partial charge in [0.25, 0.3) is 0 Å². The summed E-state index contributed by atoms with van der Waals surface area (Å²) in [7, 11) is 3.44. The van der Waals surface area contributed by atoms with Gasteiger partial charge in [-0.15, -0.1) is 0 Å². The number of hydrogen-bond donors (Lipinski definition) is 4. The molecular formula is C40H79N3O17. The summed E-state index contributed by atoms with van der Waals surface area (Å²) in [6.07, 6.45) is 1.94. The predicted molar refractivity (Wildman–Crippen MR) is 222 cm³/mol. The Hall–Kier alpha value is -2.28. The predicted octanol–water partition coefficient (Wildman–Crippen LogP) is 0.309. The summed E-state index contributed by atoms with van der Waals surface area (Å²) in [5.41, 5.74) is 0. The van der Waals surface area contributed by atoms with E-state index in [0.717, 1.165) is 6.54 Å². The monoisotopic (exact) mass is 874 g/mol. The van der Waals surface area contributed by atoms with Crippen LogP contribution < -0.4 is 16.0 Å². The number of rotatable bonds is 48. The van der Waals surface area contributed by atoms with Crippen LogP contribution in [0.2, 0.25) is 0 Å². The van der Waals surface area contributed by atoms with Gasteiger partial charge in [0.2, 0.25) is 5.91 Å². The molecule has 20 nitrogen and oxygen atoms in total. The van der Waals surface area contributed by atoms with Gasteiger partial charge in [0.1, 0.15) is 17.6 Å². The zero-order valence-corrected chi connectivity index (χ0v) is 37.0. The number of hydrogen-bond acceptors (Lipinski definition) is 18. The van der Waals surface area contributed by atoms with Gasteiger partial charge in [-0.3, -0.25) is 14.4 Å². The van der Waals surface area contributed by atoms with Crippen molar-refractivity contribution >= 4 is 23.4 Å². The van der Waals surface area contributed by atoms with Crippen LogP contribution in [0.25, 0.3) is 0 Å². The standard InChI is InChI=1S/C29H59NO13.C11H20N2O4/c1-29(31)3-5-32-7-9-34-11-13-36-15-17-38-19-21-40-23-25-42-27-28-43-26-24-41-22-20-39-18-16-37-14-12-35-10-8-33-6-4-30-2;1-8(14)4-3-7-13-10(15)6-5-9(12-2)11(16)17/h30H,3-28H2,1-2H3;9,12H,3-7H2,1-2H3,(H,13,15)(H,16,17)/t;9-/m.0/s1. The quantitative estimate of drug-likeness (QED) is 0.0602. The van der Waals surface area contributed by atoms with Crippen LogP contribution in [0, 0.1) is 0 Å². The molecule has 0 radical (unpaired) electrons. The number of Topliss-reactive ketones (excluding diaryl/α,β-unsaturated/α-hetero) is 2. The summed E-state index contributed by atoms with van der Waals surface area (Å²) in [4.78, 5) is 43.4. The minimum absolute atomic E-state index is 0.0976. The summed E-state index contributed by atoms with van der Waals surface area (Å²) in [6, 6.07) is -0.696. The van der Waals surface area contributed by atoms with Crippen molar-refractivity contribution in [3.8, 4) is 0 Å². The minimum Gasteiger partial charge on any atom is -0.480 e. The average Bonchev–Trinajstić information content (AvgIpc) is 3.22. The van der Waals surface area contributed by atoms with Crippen LogP contribution in [0.4, 0.5) is 0 Å². The van der Waals surface area contributed by atoms with Crippen molar-refractivity contribution in [1.29, 1.82) is 0 Å². The molecule has 0 saturated carbocycles. The van der Waals surface area contributed by atoms with E-state index in [4.69, 9.17) is 61.9 Å². The van der Waals surface area contributed by atoms with Crippen molar-refractivity contribution < 1.29 is 81.1 Å². The molecule has 0 bridgehead atoms. The molecule has 20 heteroatoms. The molecule has 0 aliphatic carbocycles. The molecule has 0 heterocycles. The lowest BCUT2D eigenvalue weighted by atomic mass is 10.1. The van der Waals surface area contributed by atoms with Crippen LogP contribution in [0.1, 0.15) is 46.0 Å². The largest absolute Gasteiger partial charge is 0.480 e. The third-order valence-electron chi connectivity index (χ3n) is 7.52. The van der Waals surface area contributed by atoms with Gasteiger partial charge in [0, 0.05) is 32.4 Å². The smallest absolute Gasteiger partial charge is 0.320 e. The van der Waals surface area contributed by atoms with E-state index in [9.17, 15) is 19.2 Å². The van der Waals surface area contributed by atoms with E-state index in [0.29, 0.717) is 184 Å². The van der Waals surface area contributed by atoms with E-state index in [2.05, 4.69) is 16.0 Å². The second kappa shape index (κ2) is 51.1. The Morgan fingerprint density at radius 2 is 0.717 bits per heavy atom. The van der Waals surface area contributed by atoms with Gasteiger partial charge in [-0.1, -0.05) is 0 Å². The van der Waals surface area contributed by atoms with Gasteiger partial charge < -0.3 is 82.7 Å². The molecule has 0 unspecified atom stereocenters. The Labute approximate surface area is 357 Å². The second-order valence-electron chi connectivity index (χ2n) is 12.8. The minimum atomic E-state index is -0.961. The van der Waals surface area contributed by atoms with E-state index >= 15 is 0 Å². The summed E-state index contributed by atoms with van der Waals surface area (Å²) < 4.78 is 65.0. The lowest BCUT2D eigenvalue weighted by Crippen LogP contribution is -2.35. The second-order valence-corrected chi connectivity index (χ2v) is 12.8. The Morgan fingerprint density at radius 3 is 0.983 bits per heavy atom. The van der Waals surface area contributed by atoms with Gasteiger partial charge in [-0.25, -0.2) is 0 Å². The molecule has 1 amide bonds. The third-order valence-corrected chi connectivity index (χ3v) is 7.52. The van der Waals surface area contributed by atoms with Gasteiger partial charge in [-0.2, -0.15) is 0 Å². The third kappa shape index (κ3) is 53.7. The maximum Gasteiger partial charge on any atom is 0.320 e. The van der Waals surface area contributed by atoms with Crippen molar-refractivity contribution in [2.24, 2.45) is 0 Å². The van der Waals surface area contributed by atoms with Gasteiger partial charge in [-0.05, 0) is 40.8 Å². The molecule has 0 aromatic carbocycles. The molecule has 0 aliphatic heterocycles. The Kier molecular flexibility index (Phi) is 50.9. The molecule has 0 spiro atoms. The lowest BCUT2D eigenvalue weighted by Gasteiger charge is -2.10. The summed E-state index contributed by atoms with van der Waals surface area (Å²) >= 11 is 0. The van der Waals surface area contributed by atoms with Crippen LogP contribution in [-0.2, 0) is 76.0 Å².